The Kier molecular flexibility index (Phi) is 3.82. The summed E-state index contributed by atoms with van der Waals surface area (Å²) in [5.41, 5.74) is 1.59. The summed E-state index contributed by atoms with van der Waals surface area (Å²) in [4.78, 5) is 2.34. The predicted octanol–water partition coefficient (Wildman–Crippen LogP) is 4.08. The fraction of sp³-hybridized carbons (Fsp3) is 0.533. The number of piperidine rings is 1. The number of benzene rings is 1. The lowest BCUT2D eigenvalue weighted by Crippen LogP contribution is -2.46. The summed E-state index contributed by atoms with van der Waals surface area (Å²) in [7, 11) is 0. The summed E-state index contributed by atoms with van der Waals surface area (Å²) in [5.74, 6) is 1.29. The van der Waals surface area contributed by atoms with Crippen molar-refractivity contribution < 1.29 is 0 Å². The lowest BCUT2D eigenvalue weighted by atomic mass is 9.85. The van der Waals surface area contributed by atoms with Crippen LogP contribution in [0.5, 0.6) is 0 Å². The fourth-order valence-electron chi connectivity index (χ4n) is 2.90. The third-order valence-corrected chi connectivity index (χ3v) is 4.33. The van der Waals surface area contributed by atoms with E-state index in [-0.39, 0.29) is 0 Å². The monoisotopic (exact) mass is 262 g/mol. The summed E-state index contributed by atoms with van der Waals surface area (Å²) < 4.78 is 0. The topological polar surface area (TPSA) is 27.0 Å². The molecule has 3 unspecified atom stereocenters. The highest BCUT2D eigenvalue weighted by Gasteiger charge is 2.30. The van der Waals surface area contributed by atoms with Crippen LogP contribution in [0.4, 0.5) is 5.69 Å². The van der Waals surface area contributed by atoms with Crippen molar-refractivity contribution in [1.29, 1.82) is 5.26 Å². The second-order valence-electron chi connectivity index (χ2n) is 5.46. The largest absolute Gasteiger partial charge is 0.367 e. The number of rotatable bonds is 1. The van der Waals surface area contributed by atoms with Crippen molar-refractivity contribution in [2.24, 2.45) is 11.8 Å². The van der Waals surface area contributed by atoms with Crippen LogP contribution in [-0.4, -0.2) is 12.6 Å². The predicted molar refractivity (Wildman–Crippen MR) is 75.9 cm³/mol. The van der Waals surface area contributed by atoms with Crippen LogP contribution in [0.25, 0.3) is 0 Å². The Hall–Kier alpha value is -1.20. The van der Waals surface area contributed by atoms with Crippen molar-refractivity contribution in [1.82, 2.24) is 0 Å². The van der Waals surface area contributed by atoms with Crippen LogP contribution in [0, 0.1) is 23.2 Å². The van der Waals surface area contributed by atoms with Gasteiger partial charge in [0.15, 0.2) is 0 Å². The molecule has 0 saturated carbocycles. The molecule has 1 heterocycles. The number of anilines is 1. The van der Waals surface area contributed by atoms with Gasteiger partial charge < -0.3 is 4.90 Å². The zero-order chi connectivity index (χ0) is 13.3. The third-order valence-electron chi connectivity index (χ3n) is 4.01. The van der Waals surface area contributed by atoms with E-state index in [2.05, 4.69) is 31.7 Å². The standard InChI is InChI=1S/C15H19ClN2/c1-10-7-11(2)12(3)18(9-10)15-6-4-5-14(16)13(15)8-17/h4-6,10-12H,7,9H2,1-3H3. The first kappa shape index (κ1) is 13.2. The number of halogens is 1. The smallest absolute Gasteiger partial charge is 0.103 e. The van der Waals surface area contributed by atoms with E-state index in [9.17, 15) is 5.26 Å². The molecular formula is C15H19ClN2. The first-order valence-corrected chi connectivity index (χ1v) is 6.87. The van der Waals surface area contributed by atoms with E-state index in [1.807, 2.05) is 12.1 Å². The van der Waals surface area contributed by atoms with Gasteiger partial charge in [0.2, 0.25) is 0 Å². The molecular weight excluding hydrogens is 244 g/mol. The van der Waals surface area contributed by atoms with E-state index in [1.54, 1.807) is 6.07 Å². The van der Waals surface area contributed by atoms with Crippen molar-refractivity contribution in [2.75, 3.05) is 11.4 Å². The Labute approximate surface area is 114 Å². The molecule has 2 rings (SSSR count). The molecule has 1 aromatic rings. The van der Waals surface area contributed by atoms with Crippen LogP contribution in [0.15, 0.2) is 18.2 Å². The van der Waals surface area contributed by atoms with Crippen molar-refractivity contribution in [3.05, 3.63) is 28.8 Å². The van der Waals surface area contributed by atoms with Gasteiger partial charge in [-0.25, -0.2) is 0 Å². The molecule has 96 valence electrons. The van der Waals surface area contributed by atoms with Crippen LogP contribution < -0.4 is 4.90 Å². The van der Waals surface area contributed by atoms with Gasteiger partial charge in [-0.15, -0.1) is 0 Å². The highest BCUT2D eigenvalue weighted by atomic mass is 35.5. The van der Waals surface area contributed by atoms with Crippen LogP contribution >= 0.6 is 11.6 Å². The van der Waals surface area contributed by atoms with Crippen molar-refractivity contribution in [3.8, 4) is 6.07 Å². The third kappa shape index (κ3) is 2.33. The van der Waals surface area contributed by atoms with E-state index in [4.69, 9.17) is 11.6 Å². The van der Waals surface area contributed by atoms with E-state index in [0.29, 0.717) is 28.5 Å². The average molecular weight is 263 g/mol. The van der Waals surface area contributed by atoms with Gasteiger partial charge in [-0.1, -0.05) is 31.5 Å². The normalized spacial score (nSPS) is 27.9. The first-order chi connectivity index (χ1) is 8.54. The number of nitriles is 1. The molecule has 1 fully saturated rings. The maximum absolute atomic E-state index is 9.29. The zero-order valence-corrected chi connectivity index (χ0v) is 11.9. The Morgan fingerprint density at radius 1 is 1.33 bits per heavy atom. The molecule has 1 aliphatic rings. The molecule has 0 N–H and O–H groups in total. The minimum absolute atomic E-state index is 0.451. The zero-order valence-electron chi connectivity index (χ0n) is 11.2. The highest BCUT2D eigenvalue weighted by molar-refractivity contribution is 6.32. The lowest BCUT2D eigenvalue weighted by molar-refractivity contribution is 0.297. The van der Waals surface area contributed by atoms with E-state index in [1.165, 1.54) is 6.42 Å². The molecule has 0 aromatic heterocycles. The Bertz CT molecular complexity index is 478. The molecule has 1 aromatic carbocycles. The quantitative estimate of drug-likeness (QED) is 0.762. The summed E-state index contributed by atoms with van der Waals surface area (Å²) >= 11 is 6.12. The minimum atomic E-state index is 0.451. The molecule has 0 radical (unpaired) electrons. The average Bonchev–Trinajstić information content (AvgIpc) is 2.33. The SMILES string of the molecule is CC1CC(C)C(C)N(c2cccc(Cl)c2C#N)C1. The molecule has 2 nitrogen and oxygen atoms in total. The molecule has 1 saturated heterocycles. The molecule has 0 spiro atoms. The summed E-state index contributed by atoms with van der Waals surface area (Å²) in [6.45, 7) is 7.79. The van der Waals surface area contributed by atoms with Crippen LogP contribution in [-0.2, 0) is 0 Å². The summed E-state index contributed by atoms with van der Waals surface area (Å²) in [5, 5.41) is 9.84. The molecule has 3 atom stereocenters. The molecule has 0 aliphatic carbocycles. The van der Waals surface area contributed by atoms with Gasteiger partial charge in [0, 0.05) is 12.6 Å². The van der Waals surface area contributed by atoms with Gasteiger partial charge in [0.1, 0.15) is 6.07 Å². The van der Waals surface area contributed by atoms with Crippen LogP contribution in [0.2, 0.25) is 5.02 Å². The highest BCUT2D eigenvalue weighted by Crippen LogP contribution is 2.35. The Morgan fingerprint density at radius 3 is 2.72 bits per heavy atom. The van der Waals surface area contributed by atoms with Crippen LogP contribution in [0.3, 0.4) is 0 Å². The fourth-order valence-corrected chi connectivity index (χ4v) is 3.11. The van der Waals surface area contributed by atoms with Crippen LogP contribution in [0.1, 0.15) is 32.8 Å². The summed E-state index contributed by atoms with van der Waals surface area (Å²) in [6, 6.07) is 8.40. The van der Waals surface area contributed by atoms with Crippen molar-refractivity contribution >= 4 is 17.3 Å². The van der Waals surface area contributed by atoms with Crippen molar-refractivity contribution in [2.45, 2.75) is 33.2 Å². The second-order valence-corrected chi connectivity index (χ2v) is 5.86. The molecule has 18 heavy (non-hydrogen) atoms. The molecule has 0 amide bonds. The van der Waals surface area contributed by atoms with Gasteiger partial charge in [-0.3, -0.25) is 0 Å². The van der Waals surface area contributed by atoms with E-state index < -0.39 is 0 Å². The van der Waals surface area contributed by atoms with Gasteiger partial charge in [-0.2, -0.15) is 5.26 Å². The van der Waals surface area contributed by atoms with E-state index in [0.717, 1.165) is 12.2 Å². The minimum Gasteiger partial charge on any atom is -0.367 e. The van der Waals surface area contributed by atoms with Gasteiger partial charge in [0.05, 0.1) is 16.3 Å². The molecule has 0 bridgehead atoms. The van der Waals surface area contributed by atoms with Gasteiger partial charge in [0.25, 0.3) is 0 Å². The summed E-state index contributed by atoms with van der Waals surface area (Å²) in [6.07, 6.45) is 1.25. The van der Waals surface area contributed by atoms with Gasteiger partial charge >= 0.3 is 0 Å². The maximum Gasteiger partial charge on any atom is 0.103 e. The van der Waals surface area contributed by atoms with Crippen molar-refractivity contribution in [3.63, 3.8) is 0 Å². The molecule has 3 heteroatoms. The Morgan fingerprint density at radius 2 is 2.06 bits per heavy atom. The Balaban J connectivity index is 2.42. The van der Waals surface area contributed by atoms with E-state index >= 15 is 0 Å². The second kappa shape index (κ2) is 5.20. The number of nitrogens with zero attached hydrogens (tertiary/aromatic N) is 2. The molecule has 1 aliphatic heterocycles. The number of hydrogen-bond acceptors (Lipinski definition) is 2. The lowest BCUT2D eigenvalue weighted by Gasteiger charge is -2.43. The maximum atomic E-state index is 9.29. The number of hydrogen-bond donors (Lipinski definition) is 0. The first-order valence-electron chi connectivity index (χ1n) is 6.49. The van der Waals surface area contributed by atoms with Gasteiger partial charge in [-0.05, 0) is 37.3 Å².